The molecule has 2 bridgehead atoms. The van der Waals surface area contributed by atoms with Crippen LogP contribution in [0.1, 0.15) is 25.7 Å². The average molecular weight is 349 g/mol. The molecule has 3 aliphatic rings. The van der Waals surface area contributed by atoms with Crippen molar-refractivity contribution in [2.45, 2.75) is 31.7 Å². The topological polar surface area (TPSA) is 66.8 Å². The Labute approximate surface area is 134 Å². The third-order valence-corrected chi connectivity index (χ3v) is 8.95. The van der Waals surface area contributed by atoms with Crippen molar-refractivity contribution in [3.8, 4) is 0 Å². The quantitative estimate of drug-likeness (QED) is 0.562. The molecule has 118 valence electrons. The van der Waals surface area contributed by atoms with Crippen LogP contribution < -0.4 is 0 Å². The molecule has 2 saturated carbocycles. The molecule has 0 aromatic carbocycles. The molecule has 1 saturated heterocycles. The van der Waals surface area contributed by atoms with Gasteiger partial charge in [0.25, 0.3) is 5.91 Å². The van der Waals surface area contributed by atoms with Crippen molar-refractivity contribution in [2.24, 2.45) is 16.3 Å². The Morgan fingerprint density at radius 1 is 1.38 bits per heavy atom. The van der Waals surface area contributed by atoms with E-state index >= 15 is 0 Å². The van der Waals surface area contributed by atoms with E-state index in [1.54, 1.807) is 0 Å². The molecule has 1 amide bonds. The fraction of sp³-hybridized carbons (Fsp3) is 0.846. The molecular formula is C13H20N2O3S3. The second-order valence-corrected chi connectivity index (χ2v) is 9.85. The Kier molecular flexibility index (Phi) is 4.07. The van der Waals surface area contributed by atoms with E-state index < -0.39 is 10.0 Å². The van der Waals surface area contributed by atoms with Gasteiger partial charge in [0.05, 0.1) is 11.8 Å². The number of amides is 1. The van der Waals surface area contributed by atoms with Gasteiger partial charge in [0, 0.05) is 5.41 Å². The molecule has 5 nitrogen and oxygen atoms in total. The summed E-state index contributed by atoms with van der Waals surface area (Å²) in [5.41, 5.74) is -0.148. The Bertz CT molecular complexity index is 583. The number of rotatable bonds is 2. The molecule has 0 N–H and O–H groups in total. The van der Waals surface area contributed by atoms with Crippen molar-refractivity contribution in [1.29, 1.82) is 0 Å². The standard InChI is InChI=1S/C13H20N2O3S3/c1-19-12(20-2)14-7-11(16)15-10-5-9-3-4-13(10,6-9)8-21(15,17)18/h9-10H,3-8H2,1-2H3. The van der Waals surface area contributed by atoms with E-state index in [0.29, 0.717) is 5.92 Å². The first-order valence-corrected chi connectivity index (χ1v) is 11.1. The summed E-state index contributed by atoms with van der Waals surface area (Å²) in [7, 11) is -3.45. The predicted octanol–water partition coefficient (Wildman–Crippen LogP) is 1.80. The zero-order valence-corrected chi connectivity index (χ0v) is 14.7. The lowest BCUT2D eigenvalue weighted by atomic mass is 9.82. The van der Waals surface area contributed by atoms with Gasteiger partial charge in [0.2, 0.25) is 10.0 Å². The highest BCUT2D eigenvalue weighted by Crippen LogP contribution is 2.60. The first kappa shape index (κ1) is 15.7. The molecular weight excluding hydrogens is 328 g/mol. The number of fused-ring (bicyclic) bond motifs is 1. The summed E-state index contributed by atoms with van der Waals surface area (Å²) in [5.74, 6) is 0.413. The minimum absolute atomic E-state index is 0.0620. The van der Waals surface area contributed by atoms with Crippen LogP contribution in [0.4, 0.5) is 0 Å². The average Bonchev–Trinajstić information content (AvgIpc) is 3.02. The summed E-state index contributed by atoms with van der Waals surface area (Å²) in [6.07, 6.45) is 7.71. The maximum atomic E-state index is 12.4. The zero-order chi connectivity index (χ0) is 15.3. The second-order valence-electron chi connectivity index (χ2n) is 6.16. The van der Waals surface area contributed by atoms with Gasteiger partial charge in [0.1, 0.15) is 10.9 Å². The van der Waals surface area contributed by atoms with Crippen LogP contribution in [-0.2, 0) is 14.8 Å². The van der Waals surface area contributed by atoms with E-state index in [4.69, 9.17) is 0 Å². The highest BCUT2D eigenvalue weighted by atomic mass is 32.2. The van der Waals surface area contributed by atoms with Crippen LogP contribution in [0.3, 0.4) is 0 Å². The van der Waals surface area contributed by atoms with E-state index in [0.717, 1.165) is 30.1 Å². The Hall–Kier alpha value is -0.210. The maximum absolute atomic E-state index is 12.4. The SMILES string of the molecule is CSC(=NCC(=O)N1C2CC3CCC2(C3)CS1(=O)=O)SC. The van der Waals surface area contributed by atoms with Crippen LogP contribution in [0, 0.1) is 11.3 Å². The van der Waals surface area contributed by atoms with Gasteiger partial charge in [-0.2, -0.15) is 0 Å². The lowest BCUT2D eigenvalue weighted by molar-refractivity contribution is -0.127. The van der Waals surface area contributed by atoms with Crippen molar-refractivity contribution in [3.63, 3.8) is 0 Å². The molecule has 21 heavy (non-hydrogen) atoms. The smallest absolute Gasteiger partial charge is 0.258 e. The summed E-state index contributed by atoms with van der Waals surface area (Å²) in [6, 6.07) is -0.101. The van der Waals surface area contributed by atoms with Gasteiger partial charge in [-0.25, -0.2) is 12.7 Å². The van der Waals surface area contributed by atoms with Gasteiger partial charge in [-0.1, -0.05) is 0 Å². The Balaban J connectivity index is 1.81. The maximum Gasteiger partial charge on any atom is 0.258 e. The Morgan fingerprint density at radius 2 is 2.10 bits per heavy atom. The highest BCUT2D eigenvalue weighted by Gasteiger charge is 2.63. The minimum atomic E-state index is -3.45. The van der Waals surface area contributed by atoms with Gasteiger partial charge in [-0.3, -0.25) is 9.79 Å². The van der Waals surface area contributed by atoms with Crippen molar-refractivity contribution in [3.05, 3.63) is 0 Å². The van der Waals surface area contributed by atoms with Crippen molar-refractivity contribution in [1.82, 2.24) is 4.31 Å². The molecule has 1 heterocycles. The van der Waals surface area contributed by atoms with Gasteiger partial charge < -0.3 is 0 Å². The van der Waals surface area contributed by atoms with Crippen LogP contribution in [-0.4, -0.2) is 53.9 Å². The molecule has 8 heteroatoms. The van der Waals surface area contributed by atoms with Crippen LogP contribution in [0.25, 0.3) is 0 Å². The van der Waals surface area contributed by atoms with Gasteiger partial charge in [-0.05, 0) is 44.1 Å². The molecule has 2 aliphatic carbocycles. The summed E-state index contributed by atoms with van der Waals surface area (Å²) in [5, 5.41) is 0. The monoisotopic (exact) mass is 348 g/mol. The number of hydrogen-bond donors (Lipinski definition) is 0. The second kappa shape index (κ2) is 5.45. The van der Waals surface area contributed by atoms with Crippen LogP contribution in [0.5, 0.6) is 0 Å². The lowest BCUT2D eigenvalue weighted by Crippen LogP contribution is -2.43. The number of carbonyl (C=O) groups is 1. The third-order valence-electron chi connectivity index (χ3n) is 5.00. The fourth-order valence-electron chi connectivity index (χ4n) is 4.28. The summed E-state index contributed by atoms with van der Waals surface area (Å²) < 4.78 is 26.9. The lowest BCUT2D eigenvalue weighted by Gasteiger charge is -2.30. The van der Waals surface area contributed by atoms with E-state index in [9.17, 15) is 13.2 Å². The number of carbonyl (C=O) groups excluding carboxylic acids is 1. The molecule has 3 fully saturated rings. The van der Waals surface area contributed by atoms with Gasteiger partial charge in [0.15, 0.2) is 0 Å². The fourth-order valence-corrected chi connectivity index (χ4v) is 7.72. The molecule has 0 aromatic heterocycles. The van der Waals surface area contributed by atoms with Crippen molar-refractivity contribution >= 4 is 43.8 Å². The first-order chi connectivity index (χ1) is 9.92. The van der Waals surface area contributed by atoms with Crippen molar-refractivity contribution in [2.75, 3.05) is 24.8 Å². The number of thioether (sulfide) groups is 2. The number of nitrogens with zero attached hydrogens (tertiary/aromatic N) is 2. The molecule has 0 aromatic rings. The third kappa shape index (κ3) is 2.53. The van der Waals surface area contributed by atoms with E-state index in [2.05, 4.69) is 4.99 Å². The molecule has 0 radical (unpaired) electrons. The zero-order valence-electron chi connectivity index (χ0n) is 12.2. The number of sulfonamides is 1. The molecule has 1 aliphatic heterocycles. The van der Waals surface area contributed by atoms with Gasteiger partial charge in [-0.15, -0.1) is 23.5 Å². The first-order valence-electron chi connectivity index (χ1n) is 7.09. The van der Waals surface area contributed by atoms with E-state index in [-0.39, 0.29) is 29.7 Å². The van der Waals surface area contributed by atoms with E-state index in [1.807, 2.05) is 12.5 Å². The highest BCUT2D eigenvalue weighted by molar-refractivity contribution is 8.38. The molecule has 3 rings (SSSR count). The summed E-state index contributed by atoms with van der Waals surface area (Å²) >= 11 is 2.95. The van der Waals surface area contributed by atoms with Gasteiger partial charge >= 0.3 is 0 Å². The summed E-state index contributed by atoms with van der Waals surface area (Å²) in [6.45, 7) is -0.0620. The number of aliphatic imine (C=N–C) groups is 1. The molecule has 3 atom stereocenters. The predicted molar refractivity (Wildman–Crippen MR) is 88.1 cm³/mol. The summed E-state index contributed by atoms with van der Waals surface area (Å²) in [4.78, 5) is 16.7. The van der Waals surface area contributed by atoms with Crippen molar-refractivity contribution < 1.29 is 13.2 Å². The molecule has 3 unspecified atom stereocenters. The Morgan fingerprint density at radius 3 is 2.71 bits per heavy atom. The normalized spacial score (nSPS) is 35.8. The number of hydrogen-bond acceptors (Lipinski definition) is 6. The van der Waals surface area contributed by atoms with Crippen LogP contribution in [0.2, 0.25) is 0 Å². The van der Waals surface area contributed by atoms with E-state index in [1.165, 1.54) is 27.8 Å². The minimum Gasteiger partial charge on any atom is -0.272 e. The molecule has 1 spiro atoms. The van der Waals surface area contributed by atoms with Crippen LogP contribution >= 0.6 is 23.5 Å². The van der Waals surface area contributed by atoms with Crippen LogP contribution in [0.15, 0.2) is 4.99 Å². The largest absolute Gasteiger partial charge is 0.272 e.